The summed E-state index contributed by atoms with van der Waals surface area (Å²) in [7, 11) is 0. The van der Waals surface area contributed by atoms with Crippen LogP contribution in [0.25, 0.3) is 0 Å². The zero-order chi connectivity index (χ0) is 6.85. The van der Waals surface area contributed by atoms with E-state index in [0.29, 0.717) is 15.9 Å². The number of halogens is 2. The quantitative estimate of drug-likeness (QED) is 0.532. The maximum Gasteiger partial charge on any atom is 0.129 e. The molecule has 0 saturated heterocycles. The molecular weight excluding hydrogens is 157 g/mol. The molecule has 0 saturated carbocycles. The van der Waals surface area contributed by atoms with Crippen molar-refractivity contribution in [2.24, 2.45) is 0 Å². The normalized spacial score (nSPS) is 9.67. The Hall–Kier alpha value is -0.270. The van der Waals surface area contributed by atoms with Gasteiger partial charge in [0.1, 0.15) is 5.15 Å². The maximum atomic E-state index is 5.60. The van der Waals surface area contributed by atoms with Crippen LogP contribution in [0.1, 0.15) is 5.69 Å². The lowest BCUT2D eigenvalue weighted by Crippen LogP contribution is -1.80. The highest BCUT2D eigenvalue weighted by Crippen LogP contribution is 2.14. The highest BCUT2D eigenvalue weighted by Gasteiger charge is 1.94. The van der Waals surface area contributed by atoms with Crippen molar-refractivity contribution in [3.63, 3.8) is 0 Å². The summed E-state index contributed by atoms with van der Waals surface area (Å²) in [6, 6.07) is 3.29. The fourth-order valence-electron chi connectivity index (χ4n) is 0.458. The Balaban J connectivity index is 3.17. The van der Waals surface area contributed by atoms with Gasteiger partial charge in [-0.15, -0.1) is 0 Å². The summed E-state index contributed by atoms with van der Waals surface area (Å²) in [6.07, 6.45) is 0. The topological polar surface area (TPSA) is 12.9 Å². The summed E-state index contributed by atoms with van der Waals surface area (Å²) in [5.41, 5.74) is 0.518. The van der Waals surface area contributed by atoms with Gasteiger partial charge in [-0.25, -0.2) is 4.98 Å². The number of aromatic nitrogens is 1. The van der Waals surface area contributed by atoms with E-state index >= 15 is 0 Å². The smallest absolute Gasteiger partial charge is 0.129 e. The van der Waals surface area contributed by atoms with Crippen LogP contribution in [0, 0.1) is 6.92 Å². The highest BCUT2D eigenvalue weighted by molar-refractivity contribution is 6.32. The van der Waals surface area contributed by atoms with Crippen molar-refractivity contribution >= 4 is 23.2 Å². The number of hydrogen-bond donors (Lipinski definition) is 0. The van der Waals surface area contributed by atoms with Gasteiger partial charge in [0, 0.05) is 0 Å². The van der Waals surface area contributed by atoms with Gasteiger partial charge in [-0.3, -0.25) is 0 Å². The van der Waals surface area contributed by atoms with E-state index in [1.807, 2.05) is 0 Å². The predicted molar refractivity (Wildman–Crippen MR) is 38.7 cm³/mol. The summed E-state index contributed by atoms with van der Waals surface area (Å²) in [5, 5.41) is 0.962. The number of nitrogens with zero attached hydrogens (tertiary/aromatic N) is 1. The van der Waals surface area contributed by atoms with Gasteiger partial charge in [0.2, 0.25) is 0 Å². The van der Waals surface area contributed by atoms with Crippen LogP contribution in [-0.2, 0) is 0 Å². The van der Waals surface area contributed by atoms with E-state index in [1.165, 1.54) is 0 Å². The van der Waals surface area contributed by atoms with E-state index < -0.39 is 0 Å². The Morgan fingerprint density at radius 2 is 2.00 bits per heavy atom. The Morgan fingerprint density at radius 1 is 1.33 bits per heavy atom. The average Bonchev–Trinajstić information content (AvgIpc) is 1.80. The van der Waals surface area contributed by atoms with Crippen LogP contribution in [0.3, 0.4) is 0 Å². The van der Waals surface area contributed by atoms with Crippen molar-refractivity contribution in [2.75, 3.05) is 0 Å². The molecule has 0 spiro atoms. The Bertz CT molecular complexity index is 222. The van der Waals surface area contributed by atoms with E-state index in [4.69, 9.17) is 23.2 Å². The van der Waals surface area contributed by atoms with Gasteiger partial charge in [-0.05, 0) is 19.1 Å². The molecule has 1 aromatic rings. The average molecular weight is 161 g/mol. The predicted octanol–water partition coefficient (Wildman–Crippen LogP) is 2.57. The minimum absolute atomic E-state index is 0.421. The van der Waals surface area contributed by atoms with Crippen LogP contribution >= 0.6 is 23.2 Å². The first-order chi connectivity index (χ1) is 4.20. The molecule has 1 rings (SSSR count). The lowest BCUT2D eigenvalue weighted by molar-refractivity contribution is 1.27. The molecule has 0 amide bonds. The summed E-state index contributed by atoms with van der Waals surface area (Å²) >= 11 is 11.1. The first kappa shape index (κ1) is 6.84. The van der Waals surface area contributed by atoms with Crippen molar-refractivity contribution in [2.45, 2.75) is 0 Å². The zero-order valence-corrected chi connectivity index (χ0v) is 6.08. The first-order valence-corrected chi connectivity index (χ1v) is 3.10. The maximum absolute atomic E-state index is 5.60. The zero-order valence-electron chi connectivity index (χ0n) is 4.56. The molecule has 0 N–H and O–H groups in total. The molecule has 0 aliphatic heterocycles. The van der Waals surface area contributed by atoms with Crippen molar-refractivity contribution in [1.29, 1.82) is 0 Å². The summed E-state index contributed by atoms with van der Waals surface area (Å²) in [5.74, 6) is 0. The Morgan fingerprint density at radius 3 is 2.44 bits per heavy atom. The summed E-state index contributed by atoms with van der Waals surface area (Å²) in [6.45, 7) is 3.55. The molecule has 1 radical (unpaired) electrons. The molecular formula is C6H4Cl2N. The Labute approximate surface area is 63.6 Å². The molecule has 0 atom stereocenters. The standard InChI is InChI=1S/C6H4Cl2N/c1-4-5(7)2-3-6(8)9-4/h2-3H,1H2. The molecule has 1 aromatic heterocycles. The minimum Gasteiger partial charge on any atom is -0.240 e. The van der Waals surface area contributed by atoms with Crippen LogP contribution in [0.4, 0.5) is 0 Å². The second-order valence-corrected chi connectivity index (χ2v) is 2.36. The van der Waals surface area contributed by atoms with Gasteiger partial charge >= 0.3 is 0 Å². The van der Waals surface area contributed by atoms with E-state index in [0.717, 1.165) is 0 Å². The largest absolute Gasteiger partial charge is 0.240 e. The number of rotatable bonds is 0. The van der Waals surface area contributed by atoms with Gasteiger partial charge in [-0.2, -0.15) is 0 Å². The molecule has 1 nitrogen and oxygen atoms in total. The third kappa shape index (κ3) is 1.57. The summed E-state index contributed by atoms with van der Waals surface area (Å²) < 4.78 is 0. The minimum atomic E-state index is 0.421. The van der Waals surface area contributed by atoms with Gasteiger partial charge < -0.3 is 0 Å². The van der Waals surface area contributed by atoms with Crippen LogP contribution < -0.4 is 0 Å². The van der Waals surface area contributed by atoms with Crippen LogP contribution in [0.15, 0.2) is 12.1 Å². The molecule has 9 heavy (non-hydrogen) atoms. The third-order valence-electron chi connectivity index (χ3n) is 0.885. The molecule has 0 aliphatic carbocycles. The molecule has 0 aromatic carbocycles. The first-order valence-electron chi connectivity index (χ1n) is 2.34. The van der Waals surface area contributed by atoms with Crippen LogP contribution in [0.5, 0.6) is 0 Å². The van der Waals surface area contributed by atoms with E-state index in [9.17, 15) is 0 Å². The molecule has 0 unspecified atom stereocenters. The molecule has 0 aliphatic rings. The highest BCUT2D eigenvalue weighted by atomic mass is 35.5. The molecule has 0 fully saturated rings. The molecule has 0 bridgehead atoms. The van der Waals surface area contributed by atoms with Gasteiger partial charge in [0.25, 0.3) is 0 Å². The second kappa shape index (κ2) is 2.54. The fourth-order valence-corrected chi connectivity index (χ4v) is 0.728. The molecule has 3 heteroatoms. The lowest BCUT2D eigenvalue weighted by atomic mass is 10.4. The van der Waals surface area contributed by atoms with Crippen LogP contribution in [-0.4, -0.2) is 4.98 Å². The van der Waals surface area contributed by atoms with Gasteiger partial charge in [0.15, 0.2) is 0 Å². The van der Waals surface area contributed by atoms with Crippen molar-refractivity contribution in [1.82, 2.24) is 4.98 Å². The fraction of sp³-hybridized carbons (Fsp3) is 0. The summed E-state index contributed by atoms with van der Waals surface area (Å²) in [4.78, 5) is 3.80. The number of hydrogen-bond acceptors (Lipinski definition) is 1. The SMILES string of the molecule is [CH2]c1nc(Cl)ccc1Cl. The lowest BCUT2D eigenvalue weighted by Gasteiger charge is -1.93. The van der Waals surface area contributed by atoms with Gasteiger partial charge in [-0.1, -0.05) is 23.2 Å². The van der Waals surface area contributed by atoms with Crippen molar-refractivity contribution < 1.29 is 0 Å². The second-order valence-electron chi connectivity index (χ2n) is 1.56. The number of pyridine rings is 1. The van der Waals surface area contributed by atoms with E-state index in [1.54, 1.807) is 12.1 Å². The molecule has 1 heterocycles. The van der Waals surface area contributed by atoms with Gasteiger partial charge in [0.05, 0.1) is 10.7 Å². The van der Waals surface area contributed by atoms with Crippen LogP contribution in [0.2, 0.25) is 10.2 Å². The third-order valence-corrected chi connectivity index (χ3v) is 1.44. The van der Waals surface area contributed by atoms with Crippen molar-refractivity contribution in [3.05, 3.63) is 34.9 Å². The Kier molecular flexibility index (Phi) is 1.94. The van der Waals surface area contributed by atoms with E-state index in [2.05, 4.69) is 11.9 Å². The molecule has 47 valence electrons. The van der Waals surface area contributed by atoms with Crippen molar-refractivity contribution in [3.8, 4) is 0 Å². The monoisotopic (exact) mass is 160 g/mol. The van der Waals surface area contributed by atoms with E-state index in [-0.39, 0.29) is 0 Å².